The van der Waals surface area contributed by atoms with Crippen LogP contribution in [0.5, 0.6) is 0 Å². The van der Waals surface area contributed by atoms with Gasteiger partial charge in [0.05, 0.1) is 26.4 Å². The van der Waals surface area contributed by atoms with Gasteiger partial charge in [-0.25, -0.2) is 0 Å². The van der Waals surface area contributed by atoms with E-state index < -0.39 is 30.6 Å². The van der Waals surface area contributed by atoms with E-state index in [1.807, 2.05) is 91.0 Å². The van der Waals surface area contributed by atoms with Crippen molar-refractivity contribution < 1.29 is 28.5 Å². The van der Waals surface area contributed by atoms with Crippen LogP contribution in [0.2, 0.25) is 0 Å². The molecule has 1 fully saturated rings. The number of rotatable bonds is 11. The Bertz CT molecular complexity index is 995. The van der Waals surface area contributed by atoms with Crippen LogP contribution in [0.3, 0.4) is 0 Å². The van der Waals surface area contributed by atoms with Crippen LogP contribution in [0.25, 0.3) is 0 Å². The minimum absolute atomic E-state index is 0.275. The summed E-state index contributed by atoms with van der Waals surface area (Å²) in [6.45, 7) is 2.80. The van der Waals surface area contributed by atoms with Gasteiger partial charge in [0.15, 0.2) is 0 Å². The first-order valence-corrected chi connectivity index (χ1v) is 11.4. The maximum Gasteiger partial charge on any atom is 0.305 e. The highest BCUT2D eigenvalue weighted by molar-refractivity contribution is 5.66. The Morgan fingerprint density at radius 3 is 1.68 bits per heavy atom. The van der Waals surface area contributed by atoms with Crippen LogP contribution in [-0.4, -0.2) is 37.2 Å². The third kappa shape index (κ3) is 6.98. The van der Waals surface area contributed by atoms with E-state index in [2.05, 4.69) is 0 Å². The molecule has 1 aliphatic heterocycles. The van der Waals surface area contributed by atoms with Gasteiger partial charge in [-0.1, -0.05) is 91.0 Å². The maximum absolute atomic E-state index is 11.8. The van der Waals surface area contributed by atoms with Crippen molar-refractivity contribution in [3.63, 3.8) is 0 Å². The first-order chi connectivity index (χ1) is 16.7. The van der Waals surface area contributed by atoms with Gasteiger partial charge in [-0.05, 0) is 16.7 Å². The second kappa shape index (κ2) is 12.4. The zero-order chi connectivity index (χ0) is 23.6. The summed E-state index contributed by atoms with van der Waals surface area (Å²) in [4.78, 5) is 11.8. The van der Waals surface area contributed by atoms with Gasteiger partial charge in [-0.2, -0.15) is 0 Å². The Hall–Kier alpha value is -3.03. The standard InChI is InChI=1S/C28H30O6/c1-21(29)33-28-27(32-19-24-15-9-4-10-16-24)26(31-18-23-13-7-3-8-14-23)25(34-28)20-30-17-22-11-5-2-6-12-22/h2-16,25-28H,17-20H2,1H3/t25-,26-,27+,28?/m1/s1. The minimum atomic E-state index is -0.882. The van der Waals surface area contributed by atoms with Crippen molar-refractivity contribution >= 4 is 5.97 Å². The number of ether oxygens (including phenoxy) is 5. The summed E-state index contributed by atoms with van der Waals surface area (Å²) < 4.78 is 30.0. The van der Waals surface area contributed by atoms with Gasteiger partial charge in [0.25, 0.3) is 0 Å². The molecule has 0 aliphatic carbocycles. The van der Waals surface area contributed by atoms with E-state index in [4.69, 9.17) is 23.7 Å². The Labute approximate surface area is 200 Å². The summed E-state index contributed by atoms with van der Waals surface area (Å²) in [5.41, 5.74) is 3.11. The highest BCUT2D eigenvalue weighted by Gasteiger charge is 2.48. The maximum atomic E-state index is 11.8. The number of hydrogen-bond acceptors (Lipinski definition) is 6. The van der Waals surface area contributed by atoms with Crippen LogP contribution in [0, 0.1) is 0 Å². The molecular weight excluding hydrogens is 432 g/mol. The summed E-state index contributed by atoms with van der Waals surface area (Å²) in [6, 6.07) is 29.7. The topological polar surface area (TPSA) is 63.2 Å². The van der Waals surface area contributed by atoms with Crippen molar-refractivity contribution in [3.05, 3.63) is 108 Å². The summed E-state index contributed by atoms with van der Waals surface area (Å²) in [7, 11) is 0. The monoisotopic (exact) mass is 462 g/mol. The van der Waals surface area contributed by atoms with Gasteiger partial charge in [-0.15, -0.1) is 0 Å². The van der Waals surface area contributed by atoms with Crippen molar-refractivity contribution in [3.8, 4) is 0 Å². The lowest BCUT2D eigenvalue weighted by Gasteiger charge is -2.24. The second-order valence-electron chi connectivity index (χ2n) is 8.18. The van der Waals surface area contributed by atoms with E-state index in [0.29, 0.717) is 19.8 Å². The quantitative estimate of drug-likeness (QED) is 0.386. The molecule has 6 nitrogen and oxygen atoms in total. The van der Waals surface area contributed by atoms with Crippen molar-refractivity contribution in [2.24, 2.45) is 0 Å². The molecule has 1 heterocycles. The van der Waals surface area contributed by atoms with Gasteiger partial charge in [-0.3, -0.25) is 4.79 Å². The van der Waals surface area contributed by atoms with Crippen LogP contribution in [0.1, 0.15) is 23.6 Å². The number of carbonyl (C=O) groups excluding carboxylic acids is 1. The third-order valence-corrected chi connectivity index (χ3v) is 5.51. The first-order valence-electron chi connectivity index (χ1n) is 11.4. The molecule has 0 bridgehead atoms. The molecule has 1 aliphatic rings. The SMILES string of the molecule is CC(=O)OC1O[C@H](COCc2ccccc2)[C@@H](OCc2ccccc2)[C@@H]1OCc1ccccc1. The van der Waals surface area contributed by atoms with Crippen LogP contribution >= 0.6 is 0 Å². The van der Waals surface area contributed by atoms with Crippen molar-refractivity contribution in [2.45, 2.75) is 51.3 Å². The second-order valence-corrected chi connectivity index (χ2v) is 8.18. The average molecular weight is 463 g/mol. The number of esters is 1. The van der Waals surface area contributed by atoms with E-state index in [-0.39, 0.29) is 6.61 Å². The Morgan fingerprint density at radius 2 is 1.18 bits per heavy atom. The van der Waals surface area contributed by atoms with Gasteiger partial charge < -0.3 is 23.7 Å². The number of carbonyl (C=O) groups is 1. The molecule has 178 valence electrons. The van der Waals surface area contributed by atoms with E-state index in [1.165, 1.54) is 6.92 Å². The van der Waals surface area contributed by atoms with E-state index in [0.717, 1.165) is 16.7 Å². The molecule has 0 spiro atoms. The zero-order valence-electron chi connectivity index (χ0n) is 19.2. The summed E-state index contributed by atoms with van der Waals surface area (Å²) in [5.74, 6) is -0.439. The lowest BCUT2D eigenvalue weighted by Crippen LogP contribution is -2.40. The third-order valence-electron chi connectivity index (χ3n) is 5.51. The fraction of sp³-hybridized carbons (Fsp3) is 0.321. The highest BCUT2D eigenvalue weighted by atomic mass is 16.7. The van der Waals surface area contributed by atoms with E-state index in [9.17, 15) is 4.79 Å². The van der Waals surface area contributed by atoms with Gasteiger partial charge in [0.2, 0.25) is 6.29 Å². The Balaban J connectivity index is 1.47. The summed E-state index contributed by atoms with van der Waals surface area (Å²) >= 11 is 0. The predicted octanol–water partition coefficient (Wildman–Crippen LogP) is 4.66. The Morgan fingerprint density at radius 1 is 0.706 bits per heavy atom. The predicted molar refractivity (Wildman–Crippen MR) is 127 cm³/mol. The molecule has 4 rings (SSSR count). The van der Waals surface area contributed by atoms with Crippen LogP contribution < -0.4 is 0 Å². The van der Waals surface area contributed by atoms with E-state index in [1.54, 1.807) is 0 Å². The van der Waals surface area contributed by atoms with Crippen molar-refractivity contribution in [2.75, 3.05) is 6.61 Å². The molecule has 3 aromatic carbocycles. The first kappa shape index (κ1) is 24.1. The molecule has 0 radical (unpaired) electrons. The number of hydrogen-bond donors (Lipinski definition) is 0. The van der Waals surface area contributed by atoms with Gasteiger partial charge in [0.1, 0.15) is 18.3 Å². The van der Waals surface area contributed by atoms with Crippen LogP contribution in [-0.2, 0) is 48.3 Å². The van der Waals surface area contributed by atoms with Crippen LogP contribution in [0.15, 0.2) is 91.0 Å². The Kier molecular flexibility index (Phi) is 8.82. The van der Waals surface area contributed by atoms with Gasteiger partial charge in [0, 0.05) is 6.92 Å². The fourth-order valence-corrected chi connectivity index (χ4v) is 3.86. The zero-order valence-corrected chi connectivity index (χ0v) is 19.2. The molecule has 0 N–H and O–H groups in total. The fourth-order valence-electron chi connectivity index (χ4n) is 3.86. The molecule has 0 amide bonds. The largest absolute Gasteiger partial charge is 0.433 e. The number of benzene rings is 3. The molecule has 4 atom stereocenters. The summed E-state index contributed by atoms with van der Waals surface area (Å²) in [5, 5.41) is 0. The smallest absolute Gasteiger partial charge is 0.305 e. The molecule has 0 aromatic heterocycles. The normalized spacial score (nSPS) is 21.9. The summed E-state index contributed by atoms with van der Waals surface area (Å²) in [6.07, 6.45) is -2.42. The minimum Gasteiger partial charge on any atom is -0.433 e. The van der Waals surface area contributed by atoms with Crippen molar-refractivity contribution in [1.29, 1.82) is 0 Å². The van der Waals surface area contributed by atoms with Crippen LogP contribution in [0.4, 0.5) is 0 Å². The molecule has 34 heavy (non-hydrogen) atoms. The molecule has 0 saturated carbocycles. The lowest BCUT2D eigenvalue weighted by molar-refractivity contribution is -0.195. The molecular formula is C28H30O6. The van der Waals surface area contributed by atoms with Crippen molar-refractivity contribution in [1.82, 2.24) is 0 Å². The van der Waals surface area contributed by atoms with E-state index >= 15 is 0 Å². The lowest BCUT2D eigenvalue weighted by atomic mass is 10.1. The highest BCUT2D eigenvalue weighted by Crippen LogP contribution is 2.30. The molecule has 1 unspecified atom stereocenters. The molecule has 3 aromatic rings. The van der Waals surface area contributed by atoms with Gasteiger partial charge >= 0.3 is 5.97 Å². The average Bonchev–Trinajstić information content (AvgIpc) is 3.18. The molecule has 1 saturated heterocycles. The molecule has 6 heteroatoms.